The van der Waals surface area contributed by atoms with E-state index in [4.69, 9.17) is 10.5 Å². The zero-order chi connectivity index (χ0) is 12.1. The van der Waals surface area contributed by atoms with Crippen LogP contribution >= 0.6 is 15.9 Å². The summed E-state index contributed by atoms with van der Waals surface area (Å²) in [6.07, 6.45) is 0.643. The summed E-state index contributed by atoms with van der Waals surface area (Å²) < 4.78 is 34.1. The second-order valence-corrected chi connectivity index (χ2v) is 3.88. The molecule has 0 atom stereocenters. The number of ether oxygens (including phenoxy) is 2. The molecule has 16 heavy (non-hydrogen) atoms. The molecule has 0 fully saturated rings. The molecule has 1 aromatic rings. The Kier molecular flexibility index (Phi) is 4.95. The third-order valence-electron chi connectivity index (χ3n) is 1.93. The van der Waals surface area contributed by atoms with Crippen LogP contribution in [0, 0.1) is 0 Å². The second-order valence-electron chi connectivity index (χ2n) is 3.03. The van der Waals surface area contributed by atoms with Crippen LogP contribution in [0.1, 0.15) is 5.56 Å². The number of methoxy groups -OCH3 is 1. The van der Waals surface area contributed by atoms with Gasteiger partial charge in [-0.1, -0.05) is 0 Å². The first kappa shape index (κ1) is 13.2. The van der Waals surface area contributed by atoms with E-state index < -0.39 is 6.61 Å². The molecule has 0 aliphatic carbocycles. The predicted octanol–water partition coefficient (Wildman–Crippen LogP) is 2.56. The van der Waals surface area contributed by atoms with Crippen molar-refractivity contribution in [3.63, 3.8) is 0 Å². The van der Waals surface area contributed by atoms with Crippen LogP contribution in [0.4, 0.5) is 8.78 Å². The molecule has 6 heteroatoms. The quantitative estimate of drug-likeness (QED) is 0.908. The van der Waals surface area contributed by atoms with Crippen molar-refractivity contribution >= 4 is 15.9 Å². The van der Waals surface area contributed by atoms with Gasteiger partial charge in [0, 0.05) is 0 Å². The third kappa shape index (κ3) is 3.31. The lowest BCUT2D eigenvalue weighted by Gasteiger charge is -2.13. The molecule has 3 nitrogen and oxygen atoms in total. The van der Waals surface area contributed by atoms with Gasteiger partial charge in [-0.25, -0.2) is 0 Å². The van der Waals surface area contributed by atoms with Crippen molar-refractivity contribution in [3.8, 4) is 11.5 Å². The lowest BCUT2D eigenvalue weighted by Crippen LogP contribution is -2.06. The number of hydrogen-bond donors (Lipinski definition) is 1. The van der Waals surface area contributed by atoms with Crippen LogP contribution in [0.25, 0.3) is 0 Å². The maximum Gasteiger partial charge on any atom is 0.387 e. The fraction of sp³-hybridized carbons (Fsp3) is 0.400. The lowest BCUT2D eigenvalue weighted by molar-refractivity contribution is -0.0517. The van der Waals surface area contributed by atoms with Gasteiger partial charge in [-0.3, -0.25) is 0 Å². The van der Waals surface area contributed by atoms with Crippen molar-refractivity contribution in [2.24, 2.45) is 5.73 Å². The molecule has 1 rings (SSSR count). The van der Waals surface area contributed by atoms with Crippen molar-refractivity contribution in [2.45, 2.75) is 13.0 Å². The molecule has 90 valence electrons. The summed E-state index contributed by atoms with van der Waals surface area (Å²) in [5.41, 5.74) is 6.31. The van der Waals surface area contributed by atoms with Gasteiger partial charge in [-0.15, -0.1) is 0 Å². The first-order valence-electron chi connectivity index (χ1n) is 4.59. The monoisotopic (exact) mass is 295 g/mol. The highest BCUT2D eigenvalue weighted by molar-refractivity contribution is 9.10. The molecule has 0 aliphatic rings. The first-order valence-corrected chi connectivity index (χ1v) is 5.39. The van der Waals surface area contributed by atoms with E-state index in [9.17, 15) is 8.78 Å². The Hall–Kier alpha value is -0.880. The normalized spacial score (nSPS) is 10.6. The van der Waals surface area contributed by atoms with Crippen molar-refractivity contribution in [1.29, 1.82) is 0 Å². The van der Waals surface area contributed by atoms with E-state index in [1.807, 2.05) is 0 Å². The third-order valence-corrected chi connectivity index (χ3v) is 2.52. The molecule has 0 spiro atoms. The minimum Gasteiger partial charge on any atom is -0.493 e. The number of benzene rings is 1. The average molecular weight is 296 g/mol. The fourth-order valence-corrected chi connectivity index (χ4v) is 1.87. The van der Waals surface area contributed by atoms with Gasteiger partial charge < -0.3 is 15.2 Å². The van der Waals surface area contributed by atoms with Gasteiger partial charge in [0.1, 0.15) is 0 Å². The van der Waals surface area contributed by atoms with Crippen molar-refractivity contribution in [3.05, 3.63) is 22.2 Å². The summed E-state index contributed by atoms with van der Waals surface area (Å²) in [6, 6.07) is 3.32. The number of rotatable bonds is 5. The van der Waals surface area contributed by atoms with E-state index in [-0.39, 0.29) is 11.5 Å². The van der Waals surface area contributed by atoms with Crippen molar-refractivity contribution in [1.82, 2.24) is 0 Å². The zero-order valence-corrected chi connectivity index (χ0v) is 10.3. The molecule has 0 amide bonds. The topological polar surface area (TPSA) is 44.5 Å². The van der Waals surface area contributed by atoms with Gasteiger partial charge in [0.2, 0.25) is 0 Å². The highest BCUT2D eigenvalue weighted by Crippen LogP contribution is 2.37. The number of halogens is 3. The standard InChI is InChI=1S/C10H12BrF2NO2/c1-15-8-5-6(2-3-14)4-7(11)9(8)16-10(12)13/h4-5,10H,2-3,14H2,1H3. The van der Waals surface area contributed by atoms with E-state index in [1.54, 1.807) is 12.1 Å². The average Bonchev–Trinajstić information content (AvgIpc) is 2.21. The summed E-state index contributed by atoms with van der Waals surface area (Å²) in [5.74, 6) is 0.261. The van der Waals surface area contributed by atoms with Gasteiger partial charge in [0.25, 0.3) is 0 Å². The zero-order valence-electron chi connectivity index (χ0n) is 8.67. The maximum absolute atomic E-state index is 12.1. The number of alkyl halides is 2. The summed E-state index contributed by atoms with van der Waals surface area (Å²) >= 11 is 3.16. The second kappa shape index (κ2) is 6.00. The molecule has 0 bridgehead atoms. The Morgan fingerprint density at radius 2 is 2.12 bits per heavy atom. The van der Waals surface area contributed by atoms with Gasteiger partial charge in [-0.2, -0.15) is 8.78 Å². The Balaban J connectivity index is 3.07. The molecular weight excluding hydrogens is 284 g/mol. The number of hydrogen-bond acceptors (Lipinski definition) is 3. The largest absolute Gasteiger partial charge is 0.493 e. The smallest absolute Gasteiger partial charge is 0.387 e. The Bertz CT molecular complexity index is 361. The molecule has 0 unspecified atom stereocenters. The maximum atomic E-state index is 12.1. The molecule has 0 radical (unpaired) electrons. The van der Waals surface area contributed by atoms with Crippen LogP contribution in [-0.2, 0) is 6.42 Å². The van der Waals surface area contributed by atoms with E-state index in [1.165, 1.54) is 7.11 Å². The van der Waals surface area contributed by atoms with Gasteiger partial charge in [0.05, 0.1) is 11.6 Å². The van der Waals surface area contributed by atoms with E-state index in [0.717, 1.165) is 5.56 Å². The van der Waals surface area contributed by atoms with Crippen molar-refractivity contribution in [2.75, 3.05) is 13.7 Å². The van der Waals surface area contributed by atoms with Crippen LogP contribution in [0.2, 0.25) is 0 Å². The molecule has 0 saturated carbocycles. The Labute approximate surface area is 101 Å². The summed E-state index contributed by atoms with van der Waals surface area (Å²) in [7, 11) is 1.40. The van der Waals surface area contributed by atoms with E-state index in [0.29, 0.717) is 17.4 Å². The van der Waals surface area contributed by atoms with Gasteiger partial charge in [0.15, 0.2) is 11.5 Å². The molecule has 0 saturated heterocycles. The van der Waals surface area contributed by atoms with Crippen LogP contribution in [0.15, 0.2) is 16.6 Å². The predicted molar refractivity (Wildman–Crippen MR) is 60.1 cm³/mol. The van der Waals surface area contributed by atoms with Crippen LogP contribution < -0.4 is 15.2 Å². The van der Waals surface area contributed by atoms with E-state index in [2.05, 4.69) is 20.7 Å². The molecule has 0 aliphatic heterocycles. The molecule has 1 aromatic carbocycles. The lowest BCUT2D eigenvalue weighted by atomic mass is 10.1. The van der Waals surface area contributed by atoms with E-state index >= 15 is 0 Å². The number of nitrogens with two attached hydrogens (primary N) is 1. The Morgan fingerprint density at radius 1 is 1.44 bits per heavy atom. The van der Waals surface area contributed by atoms with Gasteiger partial charge >= 0.3 is 6.61 Å². The van der Waals surface area contributed by atoms with Crippen LogP contribution in [-0.4, -0.2) is 20.3 Å². The molecule has 2 N–H and O–H groups in total. The summed E-state index contributed by atoms with van der Waals surface area (Å²) in [5, 5.41) is 0. The molecular formula is C10H12BrF2NO2. The summed E-state index contributed by atoms with van der Waals surface area (Å²) in [4.78, 5) is 0. The SMILES string of the molecule is COc1cc(CCN)cc(Br)c1OC(F)F. The minimum absolute atomic E-state index is 0.00160. The van der Waals surface area contributed by atoms with Crippen LogP contribution in [0.3, 0.4) is 0 Å². The fourth-order valence-electron chi connectivity index (χ4n) is 1.29. The highest BCUT2D eigenvalue weighted by atomic mass is 79.9. The first-order chi connectivity index (χ1) is 7.58. The van der Waals surface area contributed by atoms with Gasteiger partial charge in [-0.05, 0) is 46.6 Å². The van der Waals surface area contributed by atoms with Crippen LogP contribution in [0.5, 0.6) is 11.5 Å². The minimum atomic E-state index is -2.88. The summed E-state index contributed by atoms with van der Waals surface area (Å²) in [6.45, 7) is -2.41. The molecule has 0 aromatic heterocycles. The Morgan fingerprint density at radius 3 is 2.62 bits per heavy atom. The highest BCUT2D eigenvalue weighted by Gasteiger charge is 2.15. The van der Waals surface area contributed by atoms with Crippen molar-refractivity contribution < 1.29 is 18.3 Å². The molecule has 0 heterocycles.